The number of hydrogen-bond donors (Lipinski definition) is 1. The molecule has 1 saturated heterocycles. The summed E-state index contributed by atoms with van der Waals surface area (Å²) in [6.07, 6.45) is 6.12. The second-order valence-corrected chi connectivity index (χ2v) is 5.91. The fourth-order valence-electron chi connectivity index (χ4n) is 2.50. The van der Waals surface area contributed by atoms with E-state index in [0.717, 1.165) is 0 Å². The normalized spacial score (nSPS) is 17.8. The largest absolute Gasteiger partial charge is 0.396 e. The Balaban J connectivity index is 2.24. The lowest BCUT2D eigenvalue weighted by atomic mass is 10.0. The van der Waals surface area contributed by atoms with Crippen molar-refractivity contribution in [3.63, 3.8) is 0 Å². The van der Waals surface area contributed by atoms with Gasteiger partial charge in [0, 0.05) is 30.5 Å². The first-order chi connectivity index (χ1) is 8.76. The molecule has 2 nitrogen and oxygen atoms in total. The topological polar surface area (TPSA) is 23.5 Å². The van der Waals surface area contributed by atoms with E-state index < -0.39 is 0 Å². The first kappa shape index (κ1) is 13.8. The lowest BCUT2D eigenvalue weighted by Crippen LogP contribution is -2.29. The summed E-state index contributed by atoms with van der Waals surface area (Å²) in [5, 5.41) is 9.25. The van der Waals surface area contributed by atoms with E-state index in [0.29, 0.717) is 0 Å². The van der Waals surface area contributed by atoms with Crippen molar-refractivity contribution >= 4 is 17.4 Å². The van der Waals surface area contributed by atoms with Crippen molar-refractivity contribution < 1.29 is 5.11 Å². The third-order valence-electron chi connectivity index (χ3n) is 3.74. The molecule has 3 heteroatoms. The summed E-state index contributed by atoms with van der Waals surface area (Å²) in [5.41, 5.74) is 2.61. The van der Waals surface area contributed by atoms with Crippen molar-refractivity contribution in [1.82, 2.24) is 0 Å². The maximum Gasteiger partial charge on any atom is 0.0504 e. The van der Waals surface area contributed by atoms with Crippen LogP contribution in [-0.4, -0.2) is 31.1 Å². The molecule has 1 aromatic rings. The second-order valence-electron chi connectivity index (χ2n) is 5.06. The first-order valence-electron chi connectivity index (χ1n) is 6.80. The number of aliphatic hydroxyl groups is 1. The Labute approximate surface area is 114 Å². The zero-order valence-corrected chi connectivity index (χ0v) is 12.2. The van der Waals surface area contributed by atoms with Gasteiger partial charge in [0.05, 0.1) is 5.69 Å². The molecule has 0 aromatic heterocycles. The van der Waals surface area contributed by atoms with Gasteiger partial charge in [-0.3, -0.25) is 0 Å². The molecule has 0 spiro atoms. The Bertz CT molecular complexity index is 388. The van der Waals surface area contributed by atoms with Crippen molar-refractivity contribution in [2.75, 3.05) is 30.9 Å². The van der Waals surface area contributed by atoms with E-state index in [9.17, 15) is 5.11 Å². The van der Waals surface area contributed by atoms with Gasteiger partial charge < -0.3 is 10.0 Å². The molecule has 0 aliphatic carbocycles. The number of benzene rings is 1. The summed E-state index contributed by atoms with van der Waals surface area (Å²) >= 11 is 1.81. The zero-order valence-electron chi connectivity index (χ0n) is 11.4. The van der Waals surface area contributed by atoms with Crippen LogP contribution in [0, 0.1) is 0 Å². The summed E-state index contributed by atoms with van der Waals surface area (Å²) < 4.78 is 0. The molecular weight excluding hydrogens is 242 g/mol. The van der Waals surface area contributed by atoms with Crippen LogP contribution in [0.3, 0.4) is 0 Å². The van der Waals surface area contributed by atoms with E-state index in [1.807, 2.05) is 11.8 Å². The molecule has 1 aromatic carbocycles. The van der Waals surface area contributed by atoms with E-state index in [-0.39, 0.29) is 12.5 Å². The van der Waals surface area contributed by atoms with Crippen LogP contribution in [0.4, 0.5) is 5.69 Å². The Morgan fingerprint density at radius 3 is 2.61 bits per heavy atom. The molecule has 0 amide bonds. The van der Waals surface area contributed by atoms with Gasteiger partial charge in [-0.2, -0.15) is 0 Å². The number of rotatable bonds is 4. The van der Waals surface area contributed by atoms with Gasteiger partial charge in [0.1, 0.15) is 0 Å². The molecular formula is C15H23NOS. The third-order valence-corrected chi connectivity index (χ3v) is 4.51. The maximum absolute atomic E-state index is 9.25. The monoisotopic (exact) mass is 265 g/mol. The summed E-state index contributed by atoms with van der Waals surface area (Å²) in [4.78, 5) is 3.85. The summed E-state index contributed by atoms with van der Waals surface area (Å²) in [6.45, 7) is 4.65. The fourth-order valence-corrected chi connectivity index (χ4v) is 3.16. The molecule has 2 rings (SSSR count). The van der Waals surface area contributed by atoms with Crippen LogP contribution in [0.25, 0.3) is 0 Å². The fraction of sp³-hybridized carbons (Fsp3) is 0.600. The Hall–Kier alpha value is -0.670. The van der Waals surface area contributed by atoms with Crippen LogP contribution >= 0.6 is 11.8 Å². The average molecular weight is 265 g/mol. The van der Waals surface area contributed by atoms with Gasteiger partial charge >= 0.3 is 0 Å². The van der Waals surface area contributed by atoms with E-state index in [1.54, 1.807) is 0 Å². The predicted molar refractivity (Wildman–Crippen MR) is 79.8 cm³/mol. The van der Waals surface area contributed by atoms with Gasteiger partial charge in [0.2, 0.25) is 0 Å². The Kier molecular flexibility index (Phi) is 4.95. The highest BCUT2D eigenvalue weighted by molar-refractivity contribution is 7.98. The molecule has 1 heterocycles. The number of hydrogen-bond acceptors (Lipinski definition) is 3. The van der Waals surface area contributed by atoms with Crippen LogP contribution in [0.2, 0.25) is 0 Å². The third kappa shape index (κ3) is 3.01. The highest BCUT2D eigenvalue weighted by atomic mass is 32.2. The molecule has 1 fully saturated rings. The number of piperidine rings is 1. The molecule has 1 N–H and O–H groups in total. The Morgan fingerprint density at radius 2 is 2.00 bits per heavy atom. The van der Waals surface area contributed by atoms with Gasteiger partial charge in [-0.05, 0) is 43.2 Å². The van der Waals surface area contributed by atoms with Gasteiger partial charge in [-0.25, -0.2) is 0 Å². The predicted octanol–water partition coefficient (Wildman–Crippen LogP) is 3.49. The van der Waals surface area contributed by atoms with E-state index >= 15 is 0 Å². The average Bonchev–Trinajstić information content (AvgIpc) is 2.46. The van der Waals surface area contributed by atoms with E-state index in [2.05, 4.69) is 36.3 Å². The first-order valence-corrected chi connectivity index (χ1v) is 8.02. The second kappa shape index (κ2) is 6.48. The molecule has 0 bridgehead atoms. The Morgan fingerprint density at radius 1 is 1.28 bits per heavy atom. The smallest absolute Gasteiger partial charge is 0.0504 e. The van der Waals surface area contributed by atoms with Crippen molar-refractivity contribution in [3.05, 3.63) is 23.8 Å². The quantitative estimate of drug-likeness (QED) is 0.843. The standard InChI is InChI=1S/C15H23NOS/c1-12(11-17)13-6-7-14(15(10-13)18-2)16-8-4-3-5-9-16/h6-7,10,12,17H,3-5,8-9,11H2,1-2H3. The summed E-state index contributed by atoms with van der Waals surface area (Å²) in [7, 11) is 0. The SMILES string of the molecule is CSc1cc(C(C)CO)ccc1N1CCCCC1. The molecule has 100 valence electrons. The summed E-state index contributed by atoms with van der Waals surface area (Å²) in [5.74, 6) is 0.228. The van der Waals surface area contributed by atoms with E-state index in [4.69, 9.17) is 0 Å². The van der Waals surface area contributed by atoms with Crippen molar-refractivity contribution in [2.45, 2.75) is 37.0 Å². The minimum atomic E-state index is 0.219. The highest BCUT2D eigenvalue weighted by Crippen LogP contribution is 2.33. The van der Waals surface area contributed by atoms with Gasteiger partial charge in [-0.15, -0.1) is 11.8 Å². The van der Waals surface area contributed by atoms with Crippen molar-refractivity contribution in [1.29, 1.82) is 0 Å². The van der Waals surface area contributed by atoms with Crippen LogP contribution in [0.1, 0.15) is 37.7 Å². The van der Waals surface area contributed by atoms with Crippen molar-refractivity contribution in [3.8, 4) is 0 Å². The number of thioether (sulfide) groups is 1. The van der Waals surface area contributed by atoms with Gasteiger partial charge in [0.15, 0.2) is 0 Å². The van der Waals surface area contributed by atoms with Crippen molar-refractivity contribution in [2.24, 2.45) is 0 Å². The highest BCUT2D eigenvalue weighted by Gasteiger charge is 2.15. The molecule has 0 saturated carbocycles. The minimum absolute atomic E-state index is 0.219. The molecule has 1 aliphatic rings. The molecule has 0 radical (unpaired) electrons. The number of aliphatic hydroxyl groups excluding tert-OH is 1. The van der Waals surface area contributed by atoms with Gasteiger partial charge in [-0.1, -0.05) is 13.0 Å². The molecule has 1 atom stereocenters. The number of nitrogens with zero attached hydrogens (tertiary/aromatic N) is 1. The molecule has 1 unspecified atom stereocenters. The van der Waals surface area contributed by atoms with Gasteiger partial charge in [0.25, 0.3) is 0 Å². The van der Waals surface area contributed by atoms with Crippen LogP contribution in [-0.2, 0) is 0 Å². The molecule has 1 aliphatic heterocycles. The zero-order chi connectivity index (χ0) is 13.0. The van der Waals surface area contributed by atoms with Crippen LogP contribution < -0.4 is 4.90 Å². The lowest BCUT2D eigenvalue weighted by Gasteiger charge is -2.30. The van der Waals surface area contributed by atoms with Crippen LogP contribution in [0.15, 0.2) is 23.1 Å². The van der Waals surface area contributed by atoms with E-state index in [1.165, 1.54) is 48.5 Å². The number of anilines is 1. The maximum atomic E-state index is 9.25. The molecule has 18 heavy (non-hydrogen) atoms. The lowest BCUT2D eigenvalue weighted by molar-refractivity contribution is 0.273. The van der Waals surface area contributed by atoms with Crippen LogP contribution in [0.5, 0.6) is 0 Å². The summed E-state index contributed by atoms with van der Waals surface area (Å²) in [6, 6.07) is 6.65. The minimum Gasteiger partial charge on any atom is -0.396 e.